The second kappa shape index (κ2) is 6.43. The van der Waals surface area contributed by atoms with E-state index < -0.39 is 0 Å². The Labute approximate surface area is 115 Å². The number of aromatic nitrogens is 2. The summed E-state index contributed by atoms with van der Waals surface area (Å²) in [5, 5.41) is 3.34. The molecule has 2 rings (SSSR count). The van der Waals surface area contributed by atoms with Gasteiger partial charge >= 0.3 is 0 Å². The molecule has 1 heterocycles. The van der Waals surface area contributed by atoms with E-state index >= 15 is 0 Å². The van der Waals surface area contributed by atoms with Gasteiger partial charge in [-0.3, -0.25) is 0 Å². The summed E-state index contributed by atoms with van der Waals surface area (Å²) in [6.45, 7) is 8.05. The fraction of sp³-hybridized carbons (Fsp3) is 0.375. The maximum absolute atomic E-state index is 4.63. The van der Waals surface area contributed by atoms with Gasteiger partial charge in [0.2, 0.25) is 0 Å². The predicted octanol–water partition coefficient (Wildman–Crippen LogP) is 2.79. The molecule has 0 amide bonds. The van der Waals surface area contributed by atoms with E-state index in [0.717, 1.165) is 36.7 Å². The van der Waals surface area contributed by atoms with Crippen molar-refractivity contribution in [3.63, 3.8) is 0 Å². The van der Waals surface area contributed by atoms with Gasteiger partial charge in [0.25, 0.3) is 0 Å². The smallest absolute Gasteiger partial charge is 0.133 e. The van der Waals surface area contributed by atoms with Gasteiger partial charge in [-0.25, -0.2) is 9.97 Å². The standard InChI is InChI=1S/C16H21N3/c1-4-17-11-15-12(2)18-16(19-13(15)3)10-14-8-6-5-7-9-14/h5-9,17H,4,10-11H2,1-3H3. The average Bonchev–Trinajstić information content (AvgIpc) is 2.39. The van der Waals surface area contributed by atoms with Crippen LogP contribution in [0.25, 0.3) is 0 Å². The van der Waals surface area contributed by atoms with Crippen LogP contribution < -0.4 is 5.32 Å². The summed E-state index contributed by atoms with van der Waals surface area (Å²) in [7, 11) is 0. The highest BCUT2D eigenvalue weighted by Gasteiger charge is 2.08. The first kappa shape index (κ1) is 13.7. The zero-order valence-electron chi connectivity index (χ0n) is 11.9. The minimum atomic E-state index is 0.796. The molecule has 1 N–H and O–H groups in total. The van der Waals surface area contributed by atoms with Crippen LogP contribution in [0.3, 0.4) is 0 Å². The van der Waals surface area contributed by atoms with Gasteiger partial charge in [0.15, 0.2) is 0 Å². The van der Waals surface area contributed by atoms with Crippen LogP contribution >= 0.6 is 0 Å². The maximum Gasteiger partial charge on any atom is 0.133 e. The molecule has 19 heavy (non-hydrogen) atoms. The van der Waals surface area contributed by atoms with E-state index in [4.69, 9.17) is 0 Å². The van der Waals surface area contributed by atoms with Crippen LogP contribution in [0.2, 0.25) is 0 Å². The van der Waals surface area contributed by atoms with Crippen LogP contribution in [0, 0.1) is 13.8 Å². The fourth-order valence-electron chi connectivity index (χ4n) is 2.17. The maximum atomic E-state index is 4.63. The molecule has 100 valence electrons. The molecule has 0 bridgehead atoms. The molecule has 1 aromatic heterocycles. The third-order valence-electron chi connectivity index (χ3n) is 3.22. The first-order chi connectivity index (χ1) is 9.20. The van der Waals surface area contributed by atoms with Crippen LogP contribution in [0.4, 0.5) is 0 Å². The van der Waals surface area contributed by atoms with Gasteiger partial charge in [0, 0.05) is 29.9 Å². The summed E-state index contributed by atoms with van der Waals surface area (Å²) < 4.78 is 0. The summed E-state index contributed by atoms with van der Waals surface area (Å²) in [5.74, 6) is 0.904. The highest BCUT2D eigenvalue weighted by atomic mass is 14.9. The molecule has 0 aliphatic carbocycles. The minimum Gasteiger partial charge on any atom is -0.313 e. The molecule has 0 radical (unpaired) electrons. The van der Waals surface area contributed by atoms with Crippen molar-refractivity contribution in [1.29, 1.82) is 0 Å². The van der Waals surface area contributed by atoms with Crippen molar-refractivity contribution >= 4 is 0 Å². The number of hydrogen-bond donors (Lipinski definition) is 1. The molecule has 0 unspecified atom stereocenters. The number of nitrogens with zero attached hydrogens (tertiary/aromatic N) is 2. The lowest BCUT2D eigenvalue weighted by Gasteiger charge is -2.11. The van der Waals surface area contributed by atoms with E-state index in [2.05, 4.69) is 60.3 Å². The van der Waals surface area contributed by atoms with Gasteiger partial charge in [-0.15, -0.1) is 0 Å². The lowest BCUT2D eigenvalue weighted by molar-refractivity contribution is 0.706. The Morgan fingerprint density at radius 2 is 1.63 bits per heavy atom. The van der Waals surface area contributed by atoms with Gasteiger partial charge in [-0.2, -0.15) is 0 Å². The Morgan fingerprint density at radius 3 is 2.21 bits per heavy atom. The zero-order valence-corrected chi connectivity index (χ0v) is 11.9. The molecule has 3 nitrogen and oxygen atoms in total. The van der Waals surface area contributed by atoms with E-state index in [1.807, 2.05) is 6.07 Å². The Morgan fingerprint density at radius 1 is 1.00 bits per heavy atom. The Kier molecular flexibility index (Phi) is 4.63. The second-order valence-electron chi connectivity index (χ2n) is 4.73. The molecular weight excluding hydrogens is 234 g/mol. The highest BCUT2D eigenvalue weighted by Crippen LogP contribution is 2.12. The summed E-state index contributed by atoms with van der Waals surface area (Å²) in [6, 6.07) is 10.4. The van der Waals surface area contributed by atoms with Gasteiger partial charge in [-0.05, 0) is 26.0 Å². The number of nitrogens with one attached hydrogen (secondary N) is 1. The third kappa shape index (κ3) is 3.61. The third-order valence-corrected chi connectivity index (χ3v) is 3.22. The van der Waals surface area contributed by atoms with Crippen LogP contribution in [0.15, 0.2) is 30.3 Å². The molecule has 3 heteroatoms. The predicted molar refractivity (Wildman–Crippen MR) is 78.1 cm³/mol. The molecular formula is C16H21N3. The number of benzene rings is 1. The molecule has 0 spiro atoms. The molecule has 1 aromatic carbocycles. The molecule has 0 saturated heterocycles. The number of rotatable bonds is 5. The first-order valence-corrected chi connectivity index (χ1v) is 6.78. The van der Waals surface area contributed by atoms with Gasteiger partial charge in [0.05, 0.1) is 0 Å². The van der Waals surface area contributed by atoms with E-state index in [0.29, 0.717) is 0 Å². The average molecular weight is 255 g/mol. The van der Waals surface area contributed by atoms with E-state index in [1.165, 1.54) is 11.1 Å². The Bertz CT molecular complexity index is 512. The molecule has 0 aliphatic rings. The van der Waals surface area contributed by atoms with Crippen LogP contribution in [0.5, 0.6) is 0 Å². The van der Waals surface area contributed by atoms with Crippen LogP contribution in [-0.2, 0) is 13.0 Å². The molecule has 0 atom stereocenters. The molecule has 2 aromatic rings. The lowest BCUT2D eigenvalue weighted by atomic mass is 10.1. The zero-order chi connectivity index (χ0) is 13.7. The quantitative estimate of drug-likeness (QED) is 0.892. The number of hydrogen-bond acceptors (Lipinski definition) is 3. The summed E-state index contributed by atoms with van der Waals surface area (Å²) in [4.78, 5) is 9.26. The molecule has 0 saturated carbocycles. The lowest BCUT2D eigenvalue weighted by Crippen LogP contribution is -2.16. The van der Waals surface area contributed by atoms with Gasteiger partial charge in [-0.1, -0.05) is 37.3 Å². The summed E-state index contributed by atoms with van der Waals surface area (Å²) >= 11 is 0. The molecule has 0 aliphatic heterocycles. The SMILES string of the molecule is CCNCc1c(C)nc(Cc2ccccc2)nc1C. The van der Waals surface area contributed by atoms with Crippen LogP contribution in [0.1, 0.15) is 35.3 Å². The Hall–Kier alpha value is -1.74. The fourth-order valence-corrected chi connectivity index (χ4v) is 2.17. The largest absolute Gasteiger partial charge is 0.313 e. The van der Waals surface area contributed by atoms with E-state index in [9.17, 15) is 0 Å². The van der Waals surface area contributed by atoms with Crippen molar-refractivity contribution in [1.82, 2.24) is 15.3 Å². The van der Waals surface area contributed by atoms with Crippen molar-refractivity contribution in [2.75, 3.05) is 6.54 Å². The van der Waals surface area contributed by atoms with Crippen molar-refractivity contribution in [3.05, 3.63) is 58.7 Å². The van der Waals surface area contributed by atoms with Gasteiger partial charge < -0.3 is 5.32 Å². The minimum absolute atomic E-state index is 0.796. The van der Waals surface area contributed by atoms with Crippen molar-refractivity contribution in [2.24, 2.45) is 0 Å². The van der Waals surface area contributed by atoms with Gasteiger partial charge in [0.1, 0.15) is 5.82 Å². The molecule has 0 fully saturated rings. The Balaban J connectivity index is 2.20. The normalized spacial score (nSPS) is 10.7. The van der Waals surface area contributed by atoms with E-state index in [-0.39, 0.29) is 0 Å². The monoisotopic (exact) mass is 255 g/mol. The highest BCUT2D eigenvalue weighted by molar-refractivity contribution is 5.26. The van der Waals surface area contributed by atoms with Crippen molar-refractivity contribution in [2.45, 2.75) is 33.7 Å². The summed E-state index contributed by atoms with van der Waals surface area (Å²) in [6.07, 6.45) is 0.796. The van der Waals surface area contributed by atoms with Crippen molar-refractivity contribution in [3.8, 4) is 0 Å². The van der Waals surface area contributed by atoms with Crippen molar-refractivity contribution < 1.29 is 0 Å². The van der Waals surface area contributed by atoms with Crippen LogP contribution in [-0.4, -0.2) is 16.5 Å². The first-order valence-electron chi connectivity index (χ1n) is 6.78. The second-order valence-corrected chi connectivity index (χ2v) is 4.73. The summed E-state index contributed by atoms with van der Waals surface area (Å²) in [5.41, 5.74) is 4.64. The topological polar surface area (TPSA) is 37.8 Å². The van der Waals surface area contributed by atoms with E-state index in [1.54, 1.807) is 0 Å². The number of aryl methyl sites for hydroxylation is 2.